The predicted octanol–water partition coefficient (Wildman–Crippen LogP) is 1.56. The van der Waals surface area contributed by atoms with Crippen molar-refractivity contribution in [2.24, 2.45) is 11.7 Å². The minimum atomic E-state index is 0.249. The third-order valence-corrected chi connectivity index (χ3v) is 2.93. The van der Waals surface area contributed by atoms with Gasteiger partial charge in [0.1, 0.15) is 0 Å². The molecule has 0 amide bonds. The van der Waals surface area contributed by atoms with Crippen molar-refractivity contribution in [1.29, 1.82) is 0 Å². The summed E-state index contributed by atoms with van der Waals surface area (Å²) in [4.78, 5) is 6.47. The van der Waals surface area contributed by atoms with Crippen LogP contribution >= 0.6 is 11.3 Å². The molecule has 14 heavy (non-hydrogen) atoms. The van der Waals surface area contributed by atoms with Crippen LogP contribution < -0.4 is 5.73 Å². The Bertz CT molecular complexity index is 246. The molecule has 0 aliphatic rings. The van der Waals surface area contributed by atoms with Gasteiger partial charge in [-0.3, -0.25) is 4.90 Å². The van der Waals surface area contributed by atoms with Crippen LogP contribution in [0.3, 0.4) is 0 Å². The standard InChI is InChI=1S/C10H19N3S/c1-8(2)10(11)5-13(3)4-9-6-14-7-12-9/h6-8,10H,4-5,11H2,1-3H3. The molecule has 80 valence electrons. The monoisotopic (exact) mass is 213 g/mol. The topological polar surface area (TPSA) is 42.1 Å². The maximum absolute atomic E-state index is 5.99. The van der Waals surface area contributed by atoms with Gasteiger partial charge in [-0.05, 0) is 13.0 Å². The fraction of sp³-hybridized carbons (Fsp3) is 0.700. The zero-order valence-electron chi connectivity index (χ0n) is 9.10. The Hall–Kier alpha value is -0.450. The van der Waals surface area contributed by atoms with Crippen LogP contribution in [0, 0.1) is 5.92 Å². The van der Waals surface area contributed by atoms with E-state index in [-0.39, 0.29) is 6.04 Å². The highest BCUT2D eigenvalue weighted by atomic mass is 32.1. The maximum atomic E-state index is 5.99. The summed E-state index contributed by atoms with van der Waals surface area (Å²) < 4.78 is 0. The Balaban J connectivity index is 2.32. The van der Waals surface area contributed by atoms with Gasteiger partial charge in [-0.2, -0.15) is 0 Å². The lowest BCUT2D eigenvalue weighted by molar-refractivity contribution is 0.274. The first-order valence-electron chi connectivity index (χ1n) is 4.90. The predicted molar refractivity (Wildman–Crippen MR) is 61.3 cm³/mol. The molecule has 0 aromatic carbocycles. The van der Waals surface area contributed by atoms with E-state index in [0.717, 1.165) is 18.8 Å². The molecule has 1 aromatic heterocycles. The van der Waals surface area contributed by atoms with E-state index in [0.29, 0.717) is 5.92 Å². The molecular weight excluding hydrogens is 194 g/mol. The van der Waals surface area contributed by atoms with E-state index in [4.69, 9.17) is 5.73 Å². The van der Waals surface area contributed by atoms with Gasteiger partial charge in [0.05, 0.1) is 11.2 Å². The van der Waals surface area contributed by atoms with Crippen molar-refractivity contribution in [2.75, 3.05) is 13.6 Å². The van der Waals surface area contributed by atoms with Crippen molar-refractivity contribution in [1.82, 2.24) is 9.88 Å². The molecule has 0 spiro atoms. The smallest absolute Gasteiger partial charge is 0.0795 e. The molecule has 1 heterocycles. The summed E-state index contributed by atoms with van der Waals surface area (Å²) >= 11 is 1.64. The van der Waals surface area contributed by atoms with E-state index in [1.165, 1.54) is 0 Å². The van der Waals surface area contributed by atoms with E-state index in [2.05, 4.69) is 36.2 Å². The van der Waals surface area contributed by atoms with Crippen molar-refractivity contribution in [3.8, 4) is 0 Å². The summed E-state index contributed by atoms with van der Waals surface area (Å²) in [7, 11) is 2.08. The van der Waals surface area contributed by atoms with E-state index >= 15 is 0 Å². The SMILES string of the molecule is CC(C)C(N)CN(C)Cc1cscn1. The average Bonchev–Trinajstić information content (AvgIpc) is 2.56. The molecule has 1 rings (SSSR count). The lowest BCUT2D eigenvalue weighted by Crippen LogP contribution is -2.38. The summed E-state index contributed by atoms with van der Waals surface area (Å²) in [6.45, 7) is 6.13. The number of likely N-dealkylation sites (N-methyl/N-ethyl adjacent to an activating group) is 1. The normalized spacial score (nSPS) is 13.9. The highest BCUT2D eigenvalue weighted by Gasteiger charge is 2.11. The minimum Gasteiger partial charge on any atom is -0.326 e. The Morgan fingerprint density at radius 2 is 2.29 bits per heavy atom. The number of thiazole rings is 1. The Kier molecular flexibility index (Phi) is 4.51. The molecule has 0 fully saturated rings. The van der Waals surface area contributed by atoms with Gasteiger partial charge in [0.25, 0.3) is 0 Å². The lowest BCUT2D eigenvalue weighted by Gasteiger charge is -2.22. The maximum Gasteiger partial charge on any atom is 0.0795 e. The number of nitrogens with zero attached hydrogens (tertiary/aromatic N) is 2. The van der Waals surface area contributed by atoms with Gasteiger partial charge in [0, 0.05) is 24.5 Å². The summed E-state index contributed by atoms with van der Waals surface area (Å²) in [6, 6.07) is 0.249. The highest BCUT2D eigenvalue weighted by molar-refractivity contribution is 7.07. The summed E-state index contributed by atoms with van der Waals surface area (Å²) in [6.07, 6.45) is 0. The molecule has 0 radical (unpaired) electrons. The number of aromatic nitrogens is 1. The number of rotatable bonds is 5. The molecule has 2 N–H and O–H groups in total. The molecule has 4 heteroatoms. The summed E-state index contributed by atoms with van der Waals surface area (Å²) in [5, 5.41) is 2.08. The molecule has 1 unspecified atom stereocenters. The second-order valence-electron chi connectivity index (χ2n) is 4.08. The van der Waals surface area contributed by atoms with E-state index < -0.39 is 0 Å². The fourth-order valence-electron chi connectivity index (χ4n) is 1.23. The quantitative estimate of drug-likeness (QED) is 0.807. The second kappa shape index (κ2) is 5.44. The van der Waals surface area contributed by atoms with Crippen molar-refractivity contribution in [3.63, 3.8) is 0 Å². The van der Waals surface area contributed by atoms with Gasteiger partial charge >= 0.3 is 0 Å². The largest absolute Gasteiger partial charge is 0.326 e. The van der Waals surface area contributed by atoms with E-state index in [1.54, 1.807) is 11.3 Å². The molecule has 0 saturated heterocycles. The first kappa shape index (κ1) is 11.6. The molecule has 0 aliphatic heterocycles. The average molecular weight is 213 g/mol. The van der Waals surface area contributed by atoms with Gasteiger partial charge in [-0.15, -0.1) is 11.3 Å². The van der Waals surface area contributed by atoms with Crippen LogP contribution in [0.1, 0.15) is 19.5 Å². The van der Waals surface area contributed by atoms with Crippen molar-refractivity contribution >= 4 is 11.3 Å². The van der Waals surface area contributed by atoms with Crippen LogP contribution in [0.15, 0.2) is 10.9 Å². The zero-order valence-corrected chi connectivity index (χ0v) is 9.92. The van der Waals surface area contributed by atoms with E-state index in [1.807, 2.05) is 5.51 Å². The molecule has 1 atom stereocenters. The molecule has 0 aliphatic carbocycles. The van der Waals surface area contributed by atoms with Gasteiger partial charge in [-0.25, -0.2) is 4.98 Å². The van der Waals surface area contributed by atoms with Crippen molar-refractivity contribution in [2.45, 2.75) is 26.4 Å². The summed E-state index contributed by atoms with van der Waals surface area (Å²) in [5.74, 6) is 0.535. The Morgan fingerprint density at radius 1 is 1.57 bits per heavy atom. The number of hydrogen-bond acceptors (Lipinski definition) is 4. The van der Waals surface area contributed by atoms with Crippen LogP contribution in [-0.4, -0.2) is 29.5 Å². The number of nitrogens with two attached hydrogens (primary N) is 1. The molecule has 3 nitrogen and oxygen atoms in total. The van der Waals surface area contributed by atoms with Gasteiger partial charge in [-0.1, -0.05) is 13.8 Å². The van der Waals surface area contributed by atoms with Crippen LogP contribution in [0.25, 0.3) is 0 Å². The minimum absolute atomic E-state index is 0.249. The lowest BCUT2D eigenvalue weighted by atomic mass is 10.1. The van der Waals surface area contributed by atoms with Gasteiger partial charge in [0.15, 0.2) is 0 Å². The van der Waals surface area contributed by atoms with Gasteiger partial charge in [0.2, 0.25) is 0 Å². The zero-order chi connectivity index (χ0) is 10.6. The fourth-order valence-corrected chi connectivity index (χ4v) is 1.78. The van der Waals surface area contributed by atoms with Crippen LogP contribution in [-0.2, 0) is 6.54 Å². The van der Waals surface area contributed by atoms with Crippen molar-refractivity contribution in [3.05, 3.63) is 16.6 Å². The van der Waals surface area contributed by atoms with Crippen LogP contribution in [0.4, 0.5) is 0 Å². The second-order valence-corrected chi connectivity index (χ2v) is 4.80. The summed E-state index contributed by atoms with van der Waals surface area (Å²) in [5.41, 5.74) is 8.99. The Morgan fingerprint density at radius 3 is 2.79 bits per heavy atom. The van der Waals surface area contributed by atoms with Crippen LogP contribution in [0.2, 0.25) is 0 Å². The van der Waals surface area contributed by atoms with Crippen molar-refractivity contribution < 1.29 is 0 Å². The molecule has 0 saturated carbocycles. The Labute approximate surface area is 89.9 Å². The molecule has 1 aromatic rings. The highest BCUT2D eigenvalue weighted by Crippen LogP contribution is 2.06. The number of hydrogen-bond donors (Lipinski definition) is 1. The van der Waals surface area contributed by atoms with Gasteiger partial charge < -0.3 is 5.73 Å². The third-order valence-electron chi connectivity index (χ3n) is 2.29. The molecular formula is C10H19N3S. The van der Waals surface area contributed by atoms with Crippen LogP contribution in [0.5, 0.6) is 0 Å². The first-order chi connectivity index (χ1) is 6.59. The van der Waals surface area contributed by atoms with E-state index in [9.17, 15) is 0 Å². The third kappa shape index (κ3) is 3.74. The first-order valence-corrected chi connectivity index (χ1v) is 5.85. The molecule has 0 bridgehead atoms.